The van der Waals surface area contributed by atoms with Crippen molar-refractivity contribution in [3.63, 3.8) is 0 Å². The average molecular weight is 2060 g/mol. The molecule has 0 amide bonds. The fourth-order valence-electron chi connectivity index (χ4n) is 14.2. The molecular weight excluding hydrogens is 1970 g/mol. The molecule has 744 valence electrons. The number of rotatable bonds is 16. The molecule has 0 saturated heterocycles. The van der Waals surface area contributed by atoms with Crippen LogP contribution in [0.25, 0.3) is 44.5 Å². The van der Waals surface area contributed by atoms with Gasteiger partial charge in [0.15, 0.2) is 49.6 Å². The van der Waals surface area contributed by atoms with Crippen molar-refractivity contribution < 1.29 is 141 Å². The highest BCUT2D eigenvalue weighted by atomic mass is 32.2. The molecule has 0 spiro atoms. The number of allylic oxidation sites excluding steroid dienone is 6. The number of pyridine rings is 4. The van der Waals surface area contributed by atoms with Crippen LogP contribution < -0.4 is 123 Å². The summed E-state index contributed by atoms with van der Waals surface area (Å²) in [5.41, 5.74) is 74.4. The summed E-state index contributed by atoms with van der Waals surface area (Å²) in [4.78, 5) is 49.4. The summed E-state index contributed by atoms with van der Waals surface area (Å²) in [6.45, 7) is 0. The van der Waals surface area contributed by atoms with E-state index in [1.807, 2.05) is 151 Å². The van der Waals surface area contributed by atoms with Crippen LogP contribution in [0, 0.1) is 59.2 Å². The molecule has 8 aromatic rings. The number of benzene rings is 4. The smallest absolute Gasteiger partial charge is 0.316 e. The standard InChI is InChI=1S/C24H24N6O4.C22H24N6O6S2.C21H23N7O6S2.C21H22N6O7S2/c1-30-10-2-3-16(13-30)18-9-7-17(28-24(27)29-23(25)26)12-15(18)6-4-14-5-8-19(21(31)32)20(11-14)22(33)34;1-28-10-2-3-16(13-28)18-8-7-17(26-22(25)27-21(23)24)12-15(18)6-4-14-5-9-19(35(29,30)31)20(11-14)36(32,33)34;1-28-8-2-3-15(12-28)17-7-6-16(26-21(24)27-20(22)23)10-14(17)5-4-13-9-18(35(29,30)31)19(25-11-13)36(32,33)34;1-27-8-2-3-15(11-27)17-7-6-16(25-21(24)26-20(22)23)10-14(17)5-4-13-9-18(35(28,29)30)19(34-12-13)36(31,32)33/h2-3,5,7,9-10,12-13,19-20H,8,11H2,1H3,(H7-,25,26,27,28,29,31,32,33,34);2-3,5,7-8,10,12-13,19-20H,9,11H2,1H3,(H7-,23,24,25,26,27,29,30,31,32,33,34);2-3,6-8,10-12,18-19,25H,9H2,1H3,(H7-,22,23,24,26,27,29,30,31,32,33,34);2-3,6-8,10-12,18-19H,9H2,1H3,(H7-,22,23,24,25,26,28,29,30,31,32,33)/t2*19-,20+;2*18-,19-/m0011/s1. The number of nitrogens with zero attached hydrogens (tertiary/aromatic N) is 8. The summed E-state index contributed by atoms with van der Waals surface area (Å²) in [5.74, 6) is 17.1. The molecule has 2 aliphatic carbocycles. The monoisotopic (exact) mass is 2060 g/mol. The van der Waals surface area contributed by atoms with Gasteiger partial charge >= 0.3 is 23.8 Å². The first kappa shape index (κ1) is 109. The van der Waals surface area contributed by atoms with Crippen molar-refractivity contribution in [3.05, 3.63) is 240 Å². The minimum Gasteiger partial charge on any atom is -0.748 e. The van der Waals surface area contributed by atoms with E-state index in [2.05, 4.69) is 92.6 Å². The van der Waals surface area contributed by atoms with Crippen molar-refractivity contribution >= 4 is 143 Å². The van der Waals surface area contributed by atoms with Crippen molar-refractivity contribution in [3.8, 4) is 91.9 Å². The lowest BCUT2D eigenvalue weighted by Crippen LogP contribution is -2.84. The summed E-state index contributed by atoms with van der Waals surface area (Å²) in [6, 6.07) is 35.3. The number of guanidine groups is 8. The maximum atomic E-state index is 11.7. The number of nitrogens with one attached hydrogen (secondary N) is 5. The Bertz CT molecular complexity index is 7180. The predicted octanol–water partition coefficient (Wildman–Crippen LogP) is -12.9. The summed E-state index contributed by atoms with van der Waals surface area (Å²) >= 11 is 0. The summed E-state index contributed by atoms with van der Waals surface area (Å²) in [6.07, 6.45) is 17.8. The molecule has 8 atom stereocenters. The van der Waals surface area contributed by atoms with Crippen LogP contribution in [0.15, 0.2) is 238 Å². The Morgan fingerprint density at radius 3 is 0.951 bits per heavy atom. The Morgan fingerprint density at radius 1 is 0.359 bits per heavy atom. The van der Waals surface area contributed by atoms with E-state index in [1.54, 1.807) is 72.8 Å². The van der Waals surface area contributed by atoms with Gasteiger partial charge in [-0.25, -0.2) is 88.7 Å². The molecule has 29 N–H and O–H groups in total. The molecule has 2 aliphatic heterocycles. The second kappa shape index (κ2) is 46.9. The van der Waals surface area contributed by atoms with Gasteiger partial charge in [0.1, 0.15) is 102 Å². The first-order chi connectivity index (χ1) is 66.3. The van der Waals surface area contributed by atoms with Gasteiger partial charge in [-0.3, -0.25) is 0 Å². The third-order valence-corrected chi connectivity index (χ3v) is 27.9. The number of aliphatic carboxylic acids is 2. The van der Waals surface area contributed by atoms with E-state index in [4.69, 9.17) is 73.5 Å². The number of carbonyl (C=O) groups excluding carboxylic acids is 2. The topological polar surface area (TPSA) is 878 Å². The number of aryl methyl sites for hydroxylation is 4. The maximum absolute atomic E-state index is 11.7. The van der Waals surface area contributed by atoms with Crippen LogP contribution in [0.2, 0.25) is 0 Å². The normalized spacial score (nSPS) is 18.2. The van der Waals surface area contributed by atoms with E-state index >= 15 is 0 Å². The Hall–Kier alpha value is -16.4. The van der Waals surface area contributed by atoms with E-state index in [9.17, 15) is 97.6 Å². The Kier molecular flexibility index (Phi) is 36.1. The minimum absolute atomic E-state index is 0.00196. The quantitative estimate of drug-likeness (QED) is 0.0140. The number of carboxylic acids is 2. The van der Waals surface area contributed by atoms with Crippen LogP contribution in [-0.2, 0) is 103 Å². The van der Waals surface area contributed by atoms with E-state index in [-0.39, 0.29) is 77.2 Å². The number of hydrogen-bond acceptors (Lipinski definition) is 28. The van der Waals surface area contributed by atoms with Crippen molar-refractivity contribution in [2.45, 2.75) is 70.3 Å². The van der Waals surface area contributed by atoms with Gasteiger partial charge in [0.25, 0.3) is 23.8 Å². The second-order valence-electron chi connectivity index (χ2n) is 31.4. The van der Waals surface area contributed by atoms with Crippen molar-refractivity contribution in [1.29, 1.82) is 0 Å². The Labute approximate surface area is 814 Å². The molecule has 48 nitrogen and oxygen atoms in total. The minimum atomic E-state index is -5.22. The van der Waals surface area contributed by atoms with Gasteiger partial charge in [-0.2, -0.15) is 0 Å². The average Bonchev–Trinajstić information content (AvgIpc) is 0.789. The summed E-state index contributed by atoms with van der Waals surface area (Å²) in [7, 11) is -23.3. The van der Waals surface area contributed by atoms with Crippen molar-refractivity contribution in [2.24, 2.45) is 129 Å². The van der Waals surface area contributed by atoms with E-state index in [0.29, 0.717) is 61.7 Å². The second-order valence-corrected chi connectivity index (χ2v) is 40.7. The fourth-order valence-corrected chi connectivity index (χ4v) is 21.1. The molecule has 0 unspecified atom stereocenters. The molecule has 0 fully saturated rings. The number of carboxylic acid groups (broad SMARTS) is 2. The van der Waals surface area contributed by atoms with Crippen LogP contribution in [0.1, 0.15) is 60.8 Å². The maximum Gasteiger partial charge on any atom is 0.316 e. The fraction of sp³-hybridized carbons (Fsp3) is 0.205. The number of aliphatic imine (C=N–C) groups is 4. The van der Waals surface area contributed by atoms with Gasteiger partial charge in [0.05, 0.1) is 42.2 Å². The molecule has 6 heterocycles. The molecule has 54 heteroatoms. The van der Waals surface area contributed by atoms with E-state index < -0.39 is 142 Å². The van der Waals surface area contributed by atoms with Gasteiger partial charge in [0.2, 0.25) is 5.44 Å². The summed E-state index contributed by atoms with van der Waals surface area (Å²) in [5, 5.41) is 14.9. The molecule has 4 aromatic carbocycles. The molecule has 0 radical (unpaired) electrons. The molecule has 142 heavy (non-hydrogen) atoms. The highest BCUT2D eigenvalue weighted by Crippen LogP contribution is 2.36. The first-order valence-corrected chi connectivity index (χ1v) is 49.9. The number of ether oxygens (including phenoxy) is 1. The first-order valence-electron chi connectivity index (χ1n) is 41.1. The molecule has 0 saturated carbocycles. The van der Waals surface area contributed by atoms with Crippen molar-refractivity contribution in [2.75, 3.05) is 0 Å². The zero-order valence-electron chi connectivity index (χ0n) is 75.2. The lowest BCUT2D eigenvalue weighted by Gasteiger charge is -2.34. The highest BCUT2D eigenvalue weighted by molar-refractivity contribution is 7.91. The zero-order chi connectivity index (χ0) is 105. The molecule has 0 bridgehead atoms. The predicted molar refractivity (Wildman–Crippen MR) is 504 cm³/mol. The largest absolute Gasteiger partial charge is 0.748 e. The Morgan fingerprint density at radius 2 is 0.655 bits per heavy atom. The number of nitrogens with two attached hydrogens (primary N) is 12. The third-order valence-electron chi connectivity index (χ3n) is 20.4. The van der Waals surface area contributed by atoms with Gasteiger partial charge in [0, 0.05) is 145 Å². The molecule has 4 aliphatic rings. The van der Waals surface area contributed by atoms with Crippen LogP contribution >= 0.6 is 0 Å². The van der Waals surface area contributed by atoms with Crippen LogP contribution in [0.5, 0.6) is 0 Å². The molecular formula is C88H93N25O23S6. The van der Waals surface area contributed by atoms with Gasteiger partial charge < -0.3 is 126 Å². The molecule has 4 aromatic heterocycles. The van der Waals surface area contributed by atoms with Crippen LogP contribution in [0.3, 0.4) is 0 Å². The molecule has 12 rings (SSSR count). The highest BCUT2D eigenvalue weighted by Gasteiger charge is 2.39. The SMILES string of the molecule is C[n+]1cccc(-c2ccc(N=C(N)[NH+]=C(N)N)cc2C#CC2=CC[C@H](C(=O)[O-])[C@H](C(=O)[O-])C2)c1.C[n+]1cccc(-c2ccc(N=C(N)[NH+]=C(N)N)cc2C#CC2=CC[C@H](S(=O)(=O)[O-])[C@H](S(=O)(=O)[O-])C2)c1.C[n+]1cccc(-c2ccc(N=C(N)[NH+]=C(N)N)cc2C#CC2=CN[C@H](S(=O)(=O)[O-])[C@H](S(=O)(=O)[O-])C2)c1.C[n+]1cccc(-c2ccc(N=C(N)[NH+]=C(N)N)cc2C#CC2=CO[C@H](S(=O)(=O)[O-])[C@H](S(=O)(=O)[O-])C2)c1. The van der Waals surface area contributed by atoms with Crippen LogP contribution in [-0.4, -0.2) is 169 Å². The number of aromatic nitrogens is 4. The van der Waals surface area contributed by atoms with E-state index in [1.165, 1.54) is 6.08 Å². The zero-order valence-corrected chi connectivity index (χ0v) is 80.1. The van der Waals surface area contributed by atoms with Gasteiger partial charge in [-0.15, -0.1) is 20.0 Å². The van der Waals surface area contributed by atoms with Gasteiger partial charge in [-0.05, 0) is 134 Å². The van der Waals surface area contributed by atoms with Crippen molar-refractivity contribution in [1.82, 2.24) is 5.32 Å². The number of carbonyl (C=O) groups is 2. The number of hydrogen-bond donors (Lipinski definition) is 17. The lowest BCUT2D eigenvalue weighted by molar-refractivity contribution is -0.671. The summed E-state index contributed by atoms with van der Waals surface area (Å²) < 4.78 is 220. The van der Waals surface area contributed by atoms with E-state index in [0.717, 1.165) is 45.8 Å². The van der Waals surface area contributed by atoms with Crippen LogP contribution in [0.4, 0.5) is 22.7 Å². The van der Waals surface area contributed by atoms with Gasteiger partial charge in [-0.1, -0.05) is 59.5 Å². The Balaban J connectivity index is 0.000000211. The third kappa shape index (κ3) is 32.4. The lowest BCUT2D eigenvalue weighted by atomic mass is 9.79.